The molecule has 0 aromatic heterocycles. The number of alkyl halides is 2. The minimum atomic E-state index is -2.96. The Morgan fingerprint density at radius 3 is 2.69 bits per heavy atom. The van der Waals surface area contributed by atoms with Crippen LogP contribution < -0.4 is 9.47 Å². The molecule has 8 heteroatoms. The lowest BCUT2D eigenvalue weighted by Gasteiger charge is -2.22. The first-order valence-corrected chi connectivity index (χ1v) is 8.55. The van der Waals surface area contributed by atoms with Crippen molar-refractivity contribution in [2.45, 2.75) is 38.5 Å². The van der Waals surface area contributed by atoms with E-state index in [2.05, 4.69) is 4.74 Å². The lowest BCUT2D eigenvalue weighted by Crippen LogP contribution is -2.34. The minimum Gasteiger partial charge on any atom is -0.493 e. The Morgan fingerprint density at radius 1 is 1.35 bits per heavy atom. The zero-order valence-corrected chi connectivity index (χ0v) is 14.8. The van der Waals surface area contributed by atoms with Gasteiger partial charge in [-0.05, 0) is 30.5 Å². The Hall–Kier alpha value is -2.38. The van der Waals surface area contributed by atoms with Gasteiger partial charge in [0, 0.05) is 32.6 Å². The summed E-state index contributed by atoms with van der Waals surface area (Å²) in [5.41, 5.74) is 0.640. The number of amides is 2. The Labute approximate surface area is 150 Å². The van der Waals surface area contributed by atoms with Crippen LogP contribution in [0.5, 0.6) is 11.5 Å². The van der Waals surface area contributed by atoms with Gasteiger partial charge in [-0.15, -0.1) is 0 Å². The average molecular weight is 368 g/mol. The van der Waals surface area contributed by atoms with E-state index in [0.29, 0.717) is 18.2 Å². The van der Waals surface area contributed by atoms with Crippen molar-refractivity contribution in [3.8, 4) is 11.5 Å². The maximum Gasteiger partial charge on any atom is 0.387 e. The fourth-order valence-electron chi connectivity index (χ4n) is 3.31. The smallest absolute Gasteiger partial charge is 0.387 e. The average Bonchev–Trinajstić information content (AvgIpc) is 3.36. The third-order valence-electron chi connectivity index (χ3n) is 4.74. The Kier molecular flexibility index (Phi) is 5.29. The molecule has 1 saturated heterocycles. The van der Waals surface area contributed by atoms with Gasteiger partial charge >= 0.3 is 6.61 Å². The van der Waals surface area contributed by atoms with Crippen LogP contribution in [0.1, 0.15) is 24.8 Å². The number of carbonyl (C=O) groups is 2. The third kappa shape index (κ3) is 4.05. The quantitative estimate of drug-likeness (QED) is 0.741. The maximum atomic E-state index is 12.6. The topological polar surface area (TPSA) is 59.1 Å². The minimum absolute atomic E-state index is 0.0383. The molecular formula is C18H22F2N2O4. The molecule has 1 heterocycles. The van der Waals surface area contributed by atoms with Crippen molar-refractivity contribution in [3.05, 3.63) is 23.8 Å². The fourth-order valence-corrected chi connectivity index (χ4v) is 3.31. The molecule has 1 aliphatic carbocycles. The second-order valence-corrected chi connectivity index (χ2v) is 6.74. The molecular weight excluding hydrogens is 346 g/mol. The first kappa shape index (κ1) is 18.4. The van der Waals surface area contributed by atoms with Gasteiger partial charge in [0.15, 0.2) is 11.5 Å². The summed E-state index contributed by atoms with van der Waals surface area (Å²) in [6, 6.07) is 4.96. The van der Waals surface area contributed by atoms with Crippen molar-refractivity contribution in [2.24, 2.45) is 5.92 Å². The van der Waals surface area contributed by atoms with Gasteiger partial charge in [0.25, 0.3) is 0 Å². The van der Waals surface area contributed by atoms with Crippen molar-refractivity contribution >= 4 is 11.8 Å². The summed E-state index contributed by atoms with van der Waals surface area (Å²) in [5.74, 6) is -0.297. The zero-order valence-electron chi connectivity index (χ0n) is 14.8. The summed E-state index contributed by atoms with van der Waals surface area (Å²) in [7, 11) is 3.01. The molecule has 1 atom stereocenters. The van der Waals surface area contributed by atoms with Gasteiger partial charge in [0.05, 0.1) is 13.0 Å². The standard InChI is InChI=1S/C18H22F2N2O4/c1-21(17(24)12-8-16(23)22(10-12)13-4-5-13)9-11-3-6-14(25-2)15(7-11)26-18(19)20/h3,6-7,12-13,18H,4-5,8-10H2,1-2H3. The van der Waals surface area contributed by atoms with E-state index in [1.807, 2.05) is 0 Å². The second kappa shape index (κ2) is 7.47. The lowest BCUT2D eigenvalue weighted by atomic mass is 10.1. The molecule has 0 bridgehead atoms. The van der Waals surface area contributed by atoms with E-state index >= 15 is 0 Å². The zero-order chi connectivity index (χ0) is 18.8. The number of methoxy groups -OCH3 is 1. The molecule has 1 aliphatic heterocycles. The molecule has 2 fully saturated rings. The number of hydrogen-bond acceptors (Lipinski definition) is 4. The summed E-state index contributed by atoms with van der Waals surface area (Å²) in [6.07, 6.45) is 2.27. The number of carbonyl (C=O) groups excluding carboxylic acids is 2. The molecule has 0 spiro atoms. The van der Waals surface area contributed by atoms with Crippen LogP contribution in [0.3, 0.4) is 0 Å². The van der Waals surface area contributed by atoms with Crippen LogP contribution in [0, 0.1) is 5.92 Å². The first-order valence-electron chi connectivity index (χ1n) is 8.55. The number of halogens is 2. The summed E-state index contributed by atoms with van der Waals surface area (Å²) in [6.45, 7) is -2.26. The van der Waals surface area contributed by atoms with Crippen molar-refractivity contribution in [1.82, 2.24) is 9.80 Å². The Bertz CT molecular complexity index is 694. The van der Waals surface area contributed by atoms with E-state index in [1.54, 1.807) is 18.0 Å². The van der Waals surface area contributed by atoms with Crippen molar-refractivity contribution in [3.63, 3.8) is 0 Å². The van der Waals surface area contributed by atoms with Gasteiger partial charge in [-0.25, -0.2) is 0 Å². The van der Waals surface area contributed by atoms with Gasteiger partial charge in [0.1, 0.15) is 0 Å². The van der Waals surface area contributed by atoms with Crippen molar-refractivity contribution in [2.75, 3.05) is 20.7 Å². The van der Waals surface area contributed by atoms with E-state index < -0.39 is 6.61 Å². The molecule has 6 nitrogen and oxygen atoms in total. The van der Waals surface area contributed by atoms with E-state index in [1.165, 1.54) is 24.1 Å². The van der Waals surface area contributed by atoms with Crippen LogP contribution in [0.2, 0.25) is 0 Å². The predicted octanol–water partition coefficient (Wildman–Crippen LogP) is 2.27. The fraction of sp³-hybridized carbons (Fsp3) is 0.556. The van der Waals surface area contributed by atoms with Gasteiger partial charge in [-0.1, -0.05) is 6.07 Å². The van der Waals surface area contributed by atoms with E-state index in [4.69, 9.17) is 4.74 Å². The monoisotopic (exact) mass is 368 g/mol. The van der Waals surface area contributed by atoms with Crippen LogP contribution >= 0.6 is 0 Å². The molecule has 142 valence electrons. The molecule has 1 aromatic rings. The maximum absolute atomic E-state index is 12.6. The molecule has 1 aromatic carbocycles. The Balaban J connectivity index is 1.64. The number of nitrogens with zero attached hydrogens (tertiary/aromatic N) is 2. The van der Waals surface area contributed by atoms with Crippen molar-refractivity contribution < 1.29 is 27.8 Å². The molecule has 2 aliphatic rings. The summed E-state index contributed by atoms with van der Waals surface area (Å²) < 4.78 is 34.5. The molecule has 3 rings (SSSR count). The SMILES string of the molecule is COc1ccc(CN(C)C(=O)C2CC(=O)N(C3CC3)C2)cc1OC(F)F. The predicted molar refractivity (Wildman–Crippen MR) is 88.9 cm³/mol. The van der Waals surface area contributed by atoms with Crippen LogP contribution in [0.15, 0.2) is 18.2 Å². The number of benzene rings is 1. The lowest BCUT2D eigenvalue weighted by molar-refractivity contribution is -0.135. The van der Waals surface area contributed by atoms with Crippen LogP contribution in [0.25, 0.3) is 0 Å². The normalized spacial score (nSPS) is 19.8. The molecule has 2 amide bonds. The van der Waals surface area contributed by atoms with Gasteiger partial charge in [-0.2, -0.15) is 8.78 Å². The molecule has 0 N–H and O–H groups in total. The first-order chi connectivity index (χ1) is 12.4. The molecule has 0 radical (unpaired) electrons. The van der Waals surface area contributed by atoms with E-state index in [9.17, 15) is 18.4 Å². The van der Waals surface area contributed by atoms with Crippen molar-refractivity contribution in [1.29, 1.82) is 0 Å². The van der Waals surface area contributed by atoms with Crippen LogP contribution in [-0.4, -0.2) is 55.0 Å². The number of ether oxygens (including phenoxy) is 2. The highest BCUT2D eigenvalue weighted by atomic mass is 19.3. The van der Waals surface area contributed by atoms with Gasteiger partial charge in [0.2, 0.25) is 11.8 Å². The highest BCUT2D eigenvalue weighted by Gasteiger charge is 2.42. The Morgan fingerprint density at radius 2 is 2.08 bits per heavy atom. The third-order valence-corrected chi connectivity index (χ3v) is 4.74. The van der Waals surface area contributed by atoms with Crippen LogP contribution in [0.4, 0.5) is 8.78 Å². The highest BCUT2D eigenvalue weighted by molar-refractivity contribution is 5.89. The number of rotatable bonds is 7. The molecule has 1 unspecified atom stereocenters. The van der Waals surface area contributed by atoms with E-state index in [-0.39, 0.29) is 42.2 Å². The van der Waals surface area contributed by atoms with Gasteiger partial charge < -0.3 is 19.3 Å². The van der Waals surface area contributed by atoms with Gasteiger partial charge in [-0.3, -0.25) is 9.59 Å². The molecule has 26 heavy (non-hydrogen) atoms. The summed E-state index contributed by atoms with van der Waals surface area (Å²) >= 11 is 0. The van der Waals surface area contributed by atoms with Crippen LogP contribution in [-0.2, 0) is 16.1 Å². The second-order valence-electron chi connectivity index (χ2n) is 6.74. The summed E-state index contributed by atoms with van der Waals surface area (Å²) in [4.78, 5) is 28.0. The number of hydrogen-bond donors (Lipinski definition) is 0. The van der Waals surface area contributed by atoms with E-state index in [0.717, 1.165) is 12.8 Å². The highest BCUT2D eigenvalue weighted by Crippen LogP contribution is 2.33. The number of likely N-dealkylation sites (tertiary alicyclic amines) is 1. The largest absolute Gasteiger partial charge is 0.493 e. The summed E-state index contributed by atoms with van der Waals surface area (Å²) in [5, 5.41) is 0. The molecule has 1 saturated carbocycles.